The third kappa shape index (κ3) is 2.58. The predicted molar refractivity (Wildman–Crippen MR) is 62.4 cm³/mol. The molecule has 1 fully saturated rings. The van der Waals surface area contributed by atoms with Crippen molar-refractivity contribution in [2.75, 3.05) is 32.1 Å². The van der Waals surface area contributed by atoms with Gasteiger partial charge in [-0.25, -0.2) is 4.79 Å². The maximum Gasteiger partial charge on any atom is 0.357 e. The molecule has 0 spiro atoms. The van der Waals surface area contributed by atoms with Crippen LogP contribution in [0.2, 0.25) is 0 Å². The molecule has 0 radical (unpaired) electrons. The summed E-state index contributed by atoms with van der Waals surface area (Å²) in [4.78, 5) is 18.9. The second-order valence-corrected chi connectivity index (χ2v) is 4.50. The minimum absolute atomic E-state index is 0.0327. The highest BCUT2D eigenvalue weighted by Gasteiger charge is 2.24. The van der Waals surface area contributed by atoms with Crippen LogP contribution in [0.25, 0.3) is 0 Å². The fourth-order valence-electron chi connectivity index (χ4n) is 2.08. The van der Waals surface area contributed by atoms with Crippen LogP contribution < -0.4 is 4.90 Å². The molecule has 0 atom stereocenters. The van der Waals surface area contributed by atoms with E-state index < -0.39 is 5.97 Å². The second kappa shape index (κ2) is 4.75. The molecule has 1 aromatic heterocycles. The van der Waals surface area contributed by atoms with Crippen LogP contribution >= 0.6 is 0 Å². The van der Waals surface area contributed by atoms with Gasteiger partial charge in [-0.3, -0.25) is 0 Å². The SMILES string of the molecule is CN(C)C1CCN(c2nc(C(=O)O)co2)CC1. The van der Waals surface area contributed by atoms with Crippen LogP contribution in [-0.2, 0) is 0 Å². The van der Waals surface area contributed by atoms with E-state index in [4.69, 9.17) is 9.52 Å². The van der Waals surface area contributed by atoms with Gasteiger partial charge < -0.3 is 19.3 Å². The maximum absolute atomic E-state index is 10.7. The molecule has 2 heterocycles. The zero-order valence-corrected chi connectivity index (χ0v) is 10.1. The number of aromatic carboxylic acids is 1. The lowest BCUT2D eigenvalue weighted by atomic mass is 10.0. The molecule has 17 heavy (non-hydrogen) atoms. The van der Waals surface area contributed by atoms with Gasteiger partial charge in [0, 0.05) is 19.1 Å². The van der Waals surface area contributed by atoms with Crippen molar-refractivity contribution in [1.82, 2.24) is 9.88 Å². The summed E-state index contributed by atoms with van der Waals surface area (Å²) >= 11 is 0. The van der Waals surface area contributed by atoms with Crippen LogP contribution in [0.4, 0.5) is 6.01 Å². The Kier molecular flexibility index (Phi) is 3.33. The number of anilines is 1. The Morgan fingerprint density at radius 3 is 2.65 bits per heavy atom. The summed E-state index contributed by atoms with van der Waals surface area (Å²) in [6, 6.07) is 1.000. The molecule has 1 saturated heterocycles. The Balaban J connectivity index is 1.98. The number of carbonyl (C=O) groups is 1. The average Bonchev–Trinajstić information content (AvgIpc) is 2.78. The first-order chi connectivity index (χ1) is 8.08. The first-order valence-electron chi connectivity index (χ1n) is 5.68. The lowest BCUT2D eigenvalue weighted by molar-refractivity contribution is 0.0690. The lowest BCUT2D eigenvalue weighted by Crippen LogP contribution is -2.42. The van der Waals surface area contributed by atoms with E-state index in [1.54, 1.807) is 0 Å². The molecule has 94 valence electrons. The number of carboxylic acids is 1. The van der Waals surface area contributed by atoms with Crippen LogP contribution in [-0.4, -0.2) is 54.2 Å². The summed E-state index contributed by atoms with van der Waals surface area (Å²) in [6.45, 7) is 1.70. The third-order valence-electron chi connectivity index (χ3n) is 3.18. The highest BCUT2D eigenvalue weighted by atomic mass is 16.4. The molecule has 1 aromatic rings. The molecule has 0 amide bonds. The number of carboxylic acid groups (broad SMARTS) is 1. The summed E-state index contributed by atoms with van der Waals surface area (Å²) in [5.74, 6) is -1.05. The maximum atomic E-state index is 10.7. The Hall–Kier alpha value is -1.56. The van der Waals surface area contributed by atoms with Gasteiger partial charge in [0.25, 0.3) is 6.01 Å². The summed E-state index contributed by atoms with van der Waals surface area (Å²) in [6.07, 6.45) is 3.27. The summed E-state index contributed by atoms with van der Waals surface area (Å²) in [5, 5.41) is 8.76. The molecule has 2 rings (SSSR count). The van der Waals surface area contributed by atoms with E-state index in [2.05, 4.69) is 24.0 Å². The minimum Gasteiger partial charge on any atom is -0.476 e. The molecular weight excluding hydrogens is 222 g/mol. The van der Waals surface area contributed by atoms with Crippen molar-refractivity contribution < 1.29 is 14.3 Å². The van der Waals surface area contributed by atoms with Crippen LogP contribution in [0.3, 0.4) is 0 Å². The van der Waals surface area contributed by atoms with Gasteiger partial charge in [0.2, 0.25) is 0 Å². The summed E-state index contributed by atoms with van der Waals surface area (Å²) in [5.41, 5.74) is -0.0327. The van der Waals surface area contributed by atoms with Gasteiger partial charge in [0.15, 0.2) is 5.69 Å². The molecule has 0 bridgehead atoms. The first-order valence-corrected chi connectivity index (χ1v) is 5.68. The quantitative estimate of drug-likeness (QED) is 0.845. The van der Waals surface area contributed by atoms with Gasteiger partial charge in [-0.2, -0.15) is 4.98 Å². The third-order valence-corrected chi connectivity index (χ3v) is 3.18. The lowest BCUT2D eigenvalue weighted by Gasteiger charge is -2.34. The number of aromatic nitrogens is 1. The zero-order chi connectivity index (χ0) is 12.4. The molecule has 0 aliphatic carbocycles. The van der Waals surface area contributed by atoms with Crippen molar-refractivity contribution in [1.29, 1.82) is 0 Å². The van der Waals surface area contributed by atoms with E-state index >= 15 is 0 Å². The number of rotatable bonds is 3. The van der Waals surface area contributed by atoms with Gasteiger partial charge in [0.05, 0.1) is 0 Å². The number of hydrogen-bond acceptors (Lipinski definition) is 5. The van der Waals surface area contributed by atoms with Crippen molar-refractivity contribution in [3.63, 3.8) is 0 Å². The smallest absolute Gasteiger partial charge is 0.357 e. The van der Waals surface area contributed by atoms with Crippen LogP contribution in [0.1, 0.15) is 23.3 Å². The molecule has 6 nitrogen and oxygen atoms in total. The summed E-state index contributed by atoms with van der Waals surface area (Å²) in [7, 11) is 4.15. The van der Waals surface area contributed by atoms with Crippen molar-refractivity contribution in [3.8, 4) is 0 Å². The van der Waals surface area contributed by atoms with Crippen LogP contribution in [0.5, 0.6) is 0 Å². The highest BCUT2D eigenvalue weighted by molar-refractivity contribution is 5.85. The van der Waals surface area contributed by atoms with E-state index in [0.717, 1.165) is 25.9 Å². The number of oxazole rings is 1. The largest absolute Gasteiger partial charge is 0.476 e. The minimum atomic E-state index is -1.05. The molecular formula is C11H17N3O3. The molecule has 1 aliphatic heterocycles. The van der Waals surface area contributed by atoms with Crippen molar-refractivity contribution >= 4 is 12.0 Å². The van der Waals surface area contributed by atoms with E-state index in [9.17, 15) is 4.79 Å². The van der Waals surface area contributed by atoms with Crippen molar-refractivity contribution in [2.45, 2.75) is 18.9 Å². The average molecular weight is 239 g/mol. The number of piperidine rings is 1. The number of hydrogen-bond donors (Lipinski definition) is 1. The van der Waals surface area contributed by atoms with Gasteiger partial charge in [-0.1, -0.05) is 0 Å². The molecule has 6 heteroatoms. The highest BCUT2D eigenvalue weighted by Crippen LogP contribution is 2.21. The zero-order valence-electron chi connectivity index (χ0n) is 10.1. The van der Waals surface area contributed by atoms with E-state index in [1.165, 1.54) is 6.26 Å². The van der Waals surface area contributed by atoms with E-state index in [0.29, 0.717) is 12.1 Å². The van der Waals surface area contributed by atoms with Gasteiger partial charge >= 0.3 is 5.97 Å². The second-order valence-electron chi connectivity index (χ2n) is 4.50. The van der Waals surface area contributed by atoms with Gasteiger partial charge in [0.1, 0.15) is 6.26 Å². The first kappa shape index (κ1) is 11.9. The molecule has 0 aromatic carbocycles. The topological polar surface area (TPSA) is 69.8 Å². The van der Waals surface area contributed by atoms with Gasteiger partial charge in [-0.05, 0) is 26.9 Å². The predicted octanol–water partition coefficient (Wildman–Crippen LogP) is 0.903. The summed E-state index contributed by atoms with van der Waals surface area (Å²) < 4.78 is 5.18. The Morgan fingerprint density at radius 1 is 1.53 bits per heavy atom. The van der Waals surface area contributed by atoms with Crippen LogP contribution in [0.15, 0.2) is 10.7 Å². The Labute approximate surface area is 99.8 Å². The molecule has 1 aliphatic rings. The van der Waals surface area contributed by atoms with Crippen molar-refractivity contribution in [2.24, 2.45) is 0 Å². The normalized spacial score (nSPS) is 17.7. The molecule has 0 saturated carbocycles. The molecule has 0 unspecified atom stereocenters. The van der Waals surface area contributed by atoms with E-state index in [-0.39, 0.29) is 5.69 Å². The molecule has 1 N–H and O–H groups in total. The fourth-order valence-corrected chi connectivity index (χ4v) is 2.08. The van der Waals surface area contributed by atoms with Crippen LogP contribution in [0, 0.1) is 0 Å². The standard InChI is InChI=1S/C11H17N3O3/c1-13(2)8-3-5-14(6-4-8)11-12-9(7-17-11)10(15)16/h7-8H,3-6H2,1-2H3,(H,15,16). The van der Waals surface area contributed by atoms with Crippen molar-refractivity contribution in [3.05, 3.63) is 12.0 Å². The fraction of sp³-hybridized carbons (Fsp3) is 0.636. The van der Waals surface area contributed by atoms with E-state index in [1.807, 2.05) is 4.90 Å². The Morgan fingerprint density at radius 2 is 2.18 bits per heavy atom. The number of nitrogens with zero attached hydrogens (tertiary/aromatic N) is 3. The van der Waals surface area contributed by atoms with Gasteiger partial charge in [-0.15, -0.1) is 0 Å². The Bertz CT molecular complexity index is 394. The monoisotopic (exact) mass is 239 g/mol.